The molecule has 4 rings (SSSR count). The molecule has 1 aliphatic rings. The molecule has 3 aromatic rings. The molecular weight excluding hydrogens is 322 g/mol. The second-order valence-corrected chi connectivity index (χ2v) is 6.64. The first-order valence-electron chi connectivity index (χ1n) is 9.17. The van der Waals surface area contributed by atoms with E-state index in [1.54, 1.807) is 7.11 Å². The zero-order valence-electron chi connectivity index (χ0n) is 15.2. The molecule has 134 valence electrons. The van der Waals surface area contributed by atoms with E-state index in [2.05, 4.69) is 75.2 Å². The second kappa shape index (κ2) is 7.67. The van der Waals surface area contributed by atoms with Crippen molar-refractivity contribution in [2.24, 2.45) is 0 Å². The molecule has 0 atom stereocenters. The topological polar surface area (TPSA) is 20.6 Å². The molecule has 2 heterocycles. The van der Waals surface area contributed by atoms with Gasteiger partial charge in [0.1, 0.15) is 5.75 Å². The lowest BCUT2D eigenvalue weighted by Gasteiger charge is -2.36. The highest BCUT2D eigenvalue weighted by molar-refractivity contribution is 5.48. The molecule has 0 saturated carbocycles. The van der Waals surface area contributed by atoms with Gasteiger partial charge >= 0.3 is 0 Å². The summed E-state index contributed by atoms with van der Waals surface area (Å²) in [5, 5.41) is 0. The predicted molar refractivity (Wildman–Crippen MR) is 106 cm³/mol. The number of nitrogens with zero attached hydrogens (tertiary/aromatic N) is 3. The fourth-order valence-electron chi connectivity index (χ4n) is 3.64. The molecule has 0 aliphatic carbocycles. The molecule has 0 spiro atoms. The lowest BCUT2D eigenvalue weighted by molar-refractivity contribution is 0.246. The Kier molecular flexibility index (Phi) is 4.93. The monoisotopic (exact) mass is 347 g/mol. The number of aromatic nitrogens is 1. The van der Waals surface area contributed by atoms with Gasteiger partial charge < -0.3 is 14.2 Å². The van der Waals surface area contributed by atoms with Crippen LogP contribution in [0.2, 0.25) is 0 Å². The first-order valence-corrected chi connectivity index (χ1v) is 9.17. The van der Waals surface area contributed by atoms with Gasteiger partial charge in [0.15, 0.2) is 0 Å². The van der Waals surface area contributed by atoms with E-state index in [-0.39, 0.29) is 0 Å². The zero-order chi connectivity index (χ0) is 17.8. The highest BCUT2D eigenvalue weighted by Gasteiger charge is 2.18. The summed E-state index contributed by atoms with van der Waals surface area (Å²) in [5.74, 6) is 0.902. The van der Waals surface area contributed by atoms with E-state index in [0.29, 0.717) is 0 Å². The van der Waals surface area contributed by atoms with E-state index in [1.165, 1.54) is 11.4 Å². The van der Waals surface area contributed by atoms with Crippen LogP contribution in [-0.2, 0) is 6.54 Å². The SMILES string of the molecule is COc1ccccc1-n1cccc1CN1CCN(c2ccccc2)CC1. The van der Waals surface area contributed by atoms with Gasteiger partial charge in [0.2, 0.25) is 0 Å². The number of benzene rings is 2. The van der Waals surface area contributed by atoms with E-state index in [4.69, 9.17) is 4.74 Å². The van der Waals surface area contributed by atoms with Gasteiger partial charge in [0.25, 0.3) is 0 Å². The van der Waals surface area contributed by atoms with Crippen LogP contribution in [0.1, 0.15) is 5.69 Å². The van der Waals surface area contributed by atoms with Crippen LogP contribution < -0.4 is 9.64 Å². The maximum atomic E-state index is 5.54. The average Bonchev–Trinajstić information content (AvgIpc) is 3.17. The van der Waals surface area contributed by atoms with Crippen molar-refractivity contribution in [3.05, 3.63) is 78.6 Å². The number of hydrogen-bond acceptors (Lipinski definition) is 3. The molecule has 0 unspecified atom stereocenters. The minimum Gasteiger partial charge on any atom is -0.495 e. The lowest BCUT2D eigenvalue weighted by Crippen LogP contribution is -2.46. The van der Waals surface area contributed by atoms with Crippen LogP contribution in [0.15, 0.2) is 72.9 Å². The molecule has 26 heavy (non-hydrogen) atoms. The van der Waals surface area contributed by atoms with Gasteiger partial charge in [0.05, 0.1) is 12.8 Å². The van der Waals surface area contributed by atoms with Crippen LogP contribution in [0.25, 0.3) is 5.69 Å². The number of methoxy groups -OCH3 is 1. The Hall–Kier alpha value is -2.72. The van der Waals surface area contributed by atoms with E-state index in [1.807, 2.05) is 12.1 Å². The van der Waals surface area contributed by atoms with Crippen molar-refractivity contribution in [1.82, 2.24) is 9.47 Å². The molecule has 0 radical (unpaired) electrons. The third-order valence-corrected chi connectivity index (χ3v) is 5.06. The highest BCUT2D eigenvalue weighted by Crippen LogP contribution is 2.25. The minimum absolute atomic E-state index is 0.902. The molecule has 1 fully saturated rings. The zero-order valence-corrected chi connectivity index (χ0v) is 15.2. The molecule has 4 nitrogen and oxygen atoms in total. The number of anilines is 1. The maximum absolute atomic E-state index is 5.54. The van der Waals surface area contributed by atoms with Gasteiger partial charge in [-0.05, 0) is 36.4 Å². The van der Waals surface area contributed by atoms with Gasteiger partial charge in [0, 0.05) is 50.3 Å². The number of para-hydroxylation sites is 3. The number of rotatable bonds is 5. The van der Waals surface area contributed by atoms with Gasteiger partial charge in [-0.25, -0.2) is 0 Å². The van der Waals surface area contributed by atoms with Crippen molar-refractivity contribution in [2.45, 2.75) is 6.54 Å². The molecule has 2 aromatic carbocycles. The fraction of sp³-hybridized carbons (Fsp3) is 0.273. The molecule has 1 aliphatic heterocycles. The van der Waals surface area contributed by atoms with Crippen molar-refractivity contribution in [3.63, 3.8) is 0 Å². The Labute approximate surface area is 155 Å². The van der Waals surface area contributed by atoms with Gasteiger partial charge in [-0.2, -0.15) is 0 Å². The van der Waals surface area contributed by atoms with Gasteiger partial charge in [-0.15, -0.1) is 0 Å². The Morgan fingerprint density at radius 3 is 2.31 bits per heavy atom. The van der Waals surface area contributed by atoms with Crippen LogP contribution in [0.3, 0.4) is 0 Å². The van der Waals surface area contributed by atoms with Crippen LogP contribution in [0, 0.1) is 0 Å². The largest absolute Gasteiger partial charge is 0.495 e. The van der Waals surface area contributed by atoms with E-state index in [0.717, 1.165) is 44.2 Å². The summed E-state index contributed by atoms with van der Waals surface area (Å²) in [6.07, 6.45) is 2.12. The van der Waals surface area contributed by atoms with Gasteiger partial charge in [-0.1, -0.05) is 30.3 Å². The van der Waals surface area contributed by atoms with E-state index < -0.39 is 0 Å². The third kappa shape index (κ3) is 3.46. The highest BCUT2D eigenvalue weighted by atomic mass is 16.5. The maximum Gasteiger partial charge on any atom is 0.142 e. The Morgan fingerprint density at radius 1 is 0.808 bits per heavy atom. The predicted octanol–water partition coefficient (Wildman–Crippen LogP) is 3.81. The van der Waals surface area contributed by atoms with Crippen LogP contribution in [0.4, 0.5) is 5.69 Å². The first-order chi connectivity index (χ1) is 12.8. The normalized spacial score (nSPS) is 15.2. The van der Waals surface area contributed by atoms with Crippen molar-refractivity contribution in [2.75, 3.05) is 38.2 Å². The molecule has 4 heteroatoms. The summed E-state index contributed by atoms with van der Waals surface area (Å²) in [4.78, 5) is 5.00. The minimum atomic E-state index is 0.902. The average molecular weight is 347 g/mol. The Morgan fingerprint density at radius 2 is 1.54 bits per heavy atom. The molecular formula is C22H25N3O. The van der Waals surface area contributed by atoms with Crippen molar-refractivity contribution in [1.29, 1.82) is 0 Å². The van der Waals surface area contributed by atoms with Crippen LogP contribution in [-0.4, -0.2) is 42.8 Å². The van der Waals surface area contributed by atoms with E-state index >= 15 is 0 Å². The lowest BCUT2D eigenvalue weighted by atomic mass is 10.2. The smallest absolute Gasteiger partial charge is 0.142 e. The van der Waals surface area contributed by atoms with Crippen molar-refractivity contribution in [3.8, 4) is 11.4 Å². The standard InChI is InChI=1S/C22H25N3O/c1-26-22-12-6-5-11-21(22)25-13-7-10-20(25)18-23-14-16-24(17-15-23)19-8-3-2-4-9-19/h2-13H,14-18H2,1H3. The van der Waals surface area contributed by atoms with E-state index in [9.17, 15) is 0 Å². The van der Waals surface area contributed by atoms with Gasteiger partial charge in [-0.3, -0.25) is 4.90 Å². The third-order valence-electron chi connectivity index (χ3n) is 5.06. The molecule has 0 bridgehead atoms. The molecule has 1 aromatic heterocycles. The number of piperazine rings is 1. The number of hydrogen-bond donors (Lipinski definition) is 0. The van der Waals surface area contributed by atoms with Crippen molar-refractivity contribution < 1.29 is 4.74 Å². The Bertz CT molecular complexity index is 835. The summed E-state index contributed by atoms with van der Waals surface area (Å²) in [6, 6.07) is 23.2. The summed E-state index contributed by atoms with van der Waals surface area (Å²) in [6.45, 7) is 5.24. The summed E-state index contributed by atoms with van der Waals surface area (Å²) < 4.78 is 7.77. The quantitative estimate of drug-likeness (QED) is 0.700. The molecule has 0 amide bonds. The fourth-order valence-corrected chi connectivity index (χ4v) is 3.64. The Balaban J connectivity index is 1.44. The van der Waals surface area contributed by atoms with Crippen LogP contribution in [0.5, 0.6) is 5.75 Å². The first kappa shape index (κ1) is 16.7. The summed E-state index contributed by atoms with van der Waals surface area (Å²) >= 11 is 0. The number of ether oxygens (including phenoxy) is 1. The van der Waals surface area contributed by atoms with Crippen molar-refractivity contribution >= 4 is 5.69 Å². The second-order valence-electron chi connectivity index (χ2n) is 6.64. The summed E-state index contributed by atoms with van der Waals surface area (Å²) in [5.41, 5.74) is 3.71. The molecule has 0 N–H and O–H groups in total. The summed E-state index contributed by atoms with van der Waals surface area (Å²) in [7, 11) is 1.73. The molecule has 1 saturated heterocycles. The van der Waals surface area contributed by atoms with Crippen LogP contribution >= 0.6 is 0 Å².